The number of piperazine rings is 1. The van der Waals surface area contributed by atoms with Gasteiger partial charge in [0.05, 0.1) is 19.2 Å². The fourth-order valence-corrected chi connectivity index (χ4v) is 4.68. The molecule has 3 rings (SSSR count). The highest BCUT2D eigenvalue weighted by molar-refractivity contribution is 5.30. The number of likely N-dealkylation sites (N-methyl/N-ethyl adjacent to an activating group) is 1. The Labute approximate surface area is 148 Å². The van der Waals surface area contributed by atoms with Crippen LogP contribution < -0.4 is 9.80 Å². The number of ether oxygens (including phenoxy) is 1. The van der Waals surface area contributed by atoms with Crippen LogP contribution >= 0.6 is 0 Å². The van der Waals surface area contributed by atoms with E-state index in [1.165, 1.54) is 50.3 Å². The van der Waals surface area contributed by atoms with Crippen LogP contribution in [0.3, 0.4) is 0 Å². The number of nitrogens with one attached hydrogen (secondary N) is 2. The summed E-state index contributed by atoms with van der Waals surface area (Å²) < 4.78 is 6.06. The van der Waals surface area contributed by atoms with Crippen molar-refractivity contribution in [3.63, 3.8) is 0 Å². The Bertz CT molecular complexity index is 531. The van der Waals surface area contributed by atoms with Crippen molar-refractivity contribution in [2.24, 2.45) is 0 Å². The summed E-state index contributed by atoms with van der Waals surface area (Å²) in [5.41, 5.74) is 3.17. The molecular weight excluding hydrogens is 296 g/mol. The Kier molecular flexibility index (Phi) is 5.33. The zero-order valence-electron chi connectivity index (χ0n) is 16.1. The molecule has 2 fully saturated rings. The summed E-state index contributed by atoms with van der Waals surface area (Å²) in [4.78, 5) is 3.50. The lowest BCUT2D eigenvalue weighted by atomic mass is 9.67. The average Bonchev–Trinajstić information content (AvgIpc) is 2.54. The van der Waals surface area contributed by atoms with Crippen LogP contribution in [0.2, 0.25) is 0 Å². The summed E-state index contributed by atoms with van der Waals surface area (Å²) in [6.07, 6.45) is 3.59. The molecule has 0 aromatic heterocycles. The first-order valence-corrected chi connectivity index (χ1v) is 9.75. The van der Waals surface area contributed by atoms with Gasteiger partial charge < -0.3 is 14.5 Å². The molecule has 2 aliphatic heterocycles. The average molecular weight is 333 g/mol. The number of quaternary nitrogens is 2. The second-order valence-corrected chi connectivity index (χ2v) is 8.89. The molecule has 134 valence electrons. The highest BCUT2D eigenvalue weighted by Gasteiger charge is 2.42. The minimum absolute atomic E-state index is 0.00919. The van der Waals surface area contributed by atoms with E-state index in [0.29, 0.717) is 5.41 Å². The number of hydrogen-bond acceptors (Lipinski definition) is 1. The van der Waals surface area contributed by atoms with Crippen molar-refractivity contribution in [3.8, 4) is 0 Å². The Balaban J connectivity index is 1.76. The van der Waals surface area contributed by atoms with E-state index in [2.05, 4.69) is 52.1 Å². The summed E-state index contributed by atoms with van der Waals surface area (Å²) in [5.74, 6) is 0. The second kappa shape index (κ2) is 7.15. The van der Waals surface area contributed by atoms with Gasteiger partial charge in [0.1, 0.15) is 26.2 Å². The summed E-state index contributed by atoms with van der Waals surface area (Å²) in [5, 5.41) is 0. The van der Waals surface area contributed by atoms with E-state index in [0.717, 1.165) is 19.4 Å². The van der Waals surface area contributed by atoms with Gasteiger partial charge in [-0.25, -0.2) is 0 Å². The molecule has 3 heteroatoms. The maximum absolute atomic E-state index is 6.06. The molecule has 0 amide bonds. The quantitative estimate of drug-likeness (QED) is 0.827. The highest BCUT2D eigenvalue weighted by atomic mass is 16.5. The molecule has 0 radical (unpaired) electrons. The van der Waals surface area contributed by atoms with Crippen LogP contribution in [0, 0.1) is 6.92 Å². The third kappa shape index (κ3) is 4.19. The maximum atomic E-state index is 6.06. The maximum Gasteiger partial charge on any atom is 0.127 e. The molecule has 2 saturated heterocycles. The molecule has 0 saturated carbocycles. The lowest BCUT2D eigenvalue weighted by Gasteiger charge is -2.46. The molecule has 0 unspecified atom stereocenters. The standard InChI is InChI=1S/C21H34N2O/c1-18-5-7-19(8-6-18)21(10-16-24-20(2,3)17-21)9-11-23-14-12-22(4)13-15-23/h5-8H,9-17H2,1-4H3/p+2/t21-/m1/s1. The van der Waals surface area contributed by atoms with Gasteiger partial charge >= 0.3 is 0 Å². The Morgan fingerprint density at radius 3 is 2.33 bits per heavy atom. The summed E-state index contributed by atoms with van der Waals surface area (Å²) in [6.45, 7) is 14.2. The SMILES string of the molecule is Cc1ccc([C@]2(CC[NH+]3CC[NH+](C)CC3)CCOC(C)(C)C2)cc1. The molecule has 1 aromatic rings. The number of hydrogen-bond donors (Lipinski definition) is 2. The molecule has 2 N–H and O–H groups in total. The third-order valence-electron chi connectivity index (χ3n) is 6.27. The largest absolute Gasteiger partial charge is 0.376 e. The van der Waals surface area contributed by atoms with Gasteiger partial charge in [0.15, 0.2) is 0 Å². The second-order valence-electron chi connectivity index (χ2n) is 8.89. The topological polar surface area (TPSA) is 18.1 Å². The fraction of sp³-hybridized carbons (Fsp3) is 0.714. The van der Waals surface area contributed by atoms with E-state index in [1.54, 1.807) is 9.80 Å². The van der Waals surface area contributed by atoms with Crippen molar-refractivity contribution in [2.75, 3.05) is 46.4 Å². The van der Waals surface area contributed by atoms with Gasteiger partial charge in [-0.2, -0.15) is 0 Å². The van der Waals surface area contributed by atoms with Gasteiger partial charge in [-0.3, -0.25) is 0 Å². The molecule has 24 heavy (non-hydrogen) atoms. The van der Waals surface area contributed by atoms with Crippen LogP contribution in [-0.2, 0) is 10.2 Å². The van der Waals surface area contributed by atoms with Crippen LogP contribution in [-0.4, -0.2) is 52.0 Å². The first kappa shape index (κ1) is 17.9. The normalized spacial score (nSPS) is 33.3. The van der Waals surface area contributed by atoms with E-state index in [1.807, 2.05) is 0 Å². The van der Waals surface area contributed by atoms with Gasteiger partial charge in [0, 0.05) is 18.4 Å². The zero-order chi connectivity index (χ0) is 17.2. The summed E-state index contributed by atoms with van der Waals surface area (Å²) in [6, 6.07) is 9.32. The fourth-order valence-electron chi connectivity index (χ4n) is 4.68. The zero-order valence-corrected chi connectivity index (χ0v) is 16.1. The Morgan fingerprint density at radius 2 is 1.71 bits per heavy atom. The molecule has 1 atom stereocenters. The van der Waals surface area contributed by atoms with Crippen LogP contribution in [0.15, 0.2) is 24.3 Å². The van der Waals surface area contributed by atoms with E-state index in [4.69, 9.17) is 4.74 Å². The van der Waals surface area contributed by atoms with Gasteiger partial charge in [0.25, 0.3) is 0 Å². The van der Waals surface area contributed by atoms with Crippen LogP contribution in [0.1, 0.15) is 44.2 Å². The Hall–Kier alpha value is -0.900. The van der Waals surface area contributed by atoms with Crippen molar-refractivity contribution in [2.45, 2.75) is 51.0 Å². The molecule has 3 nitrogen and oxygen atoms in total. The molecule has 0 spiro atoms. The lowest BCUT2D eigenvalue weighted by Crippen LogP contribution is -3.27. The molecule has 1 aromatic carbocycles. The minimum Gasteiger partial charge on any atom is -0.376 e. The molecular formula is C21H36N2O+2. The predicted octanol–water partition coefficient (Wildman–Crippen LogP) is 0.625. The van der Waals surface area contributed by atoms with E-state index in [-0.39, 0.29) is 5.60 Å². The number of rotatable bonds is 4. The molecule has 0 aliphatic carbocycles. The lowest BCUT2D eigenvalue weighted by molar-refractivity contribution is -1.00. The van der Waals surface area contributed by atoms with E-state index < -0.39 is 0 Å². The van der Waals surface area contributed by atoms with Gasteiger partial charge in [0.2, 0.25) is 0 Å². The predicted molar refractivity (Wildman–Crippen MR) is 98.9 cm³/mol. The van der Waals surface area contributed by atoms with Crippen molar-refractivity contribution >= 4 is 0 Å². The summed E-state index contributed by atoms with van der Waals surface area (Å²) in [7, 11) is 2.32. The van der Waals surface area contributed by atoms with E-state index in [9.17, 15) is 0 Å². The van der Waals surface area contributed by atoms with Gasteiger partial charge in [-0.05, 0) is 39.2 Å². The van der Waals surface area contributed by atoms with Crippen molar-refractivity contribution < 1.29 is 14.5 Å². The minimum atomic E-state index is -0.00919. The van der Waals surface area contributed by atoms with Gasteiger partial charge in [-0.1, -0.05) is 29.8 Å². The van der Waals surface area contributed by atoms with Crippen molar-refractivity contribution in [1.29, 1.82) is 0 Å². The highest BCUT2D eigenvalue weighted by Crippen LogP contribution is 2.43. The smallest absolute Gasteiger partial charge is 0.127 e. The van der Waals surface area contributed by atoms with E-state index >= 15 is 0 Å². The van der Waals surface area contributed by atoms with Crippen LogP contribution in [0.25, 0.3) is 0 Å². The summed E-state index contributed by atoms with van der Waals surface area (Å²) >= 11 is 0. The number of benzene rings is 1. The van der Waals surface area contributed by atoms with Gasteiger partial charge in [-0.15, -0.1) is 0 Å². The monoisotopic (exact) mass is 332 g/mol. The van der Waals surface area contributed by atoms with Crippen LogP contribution in [0.5, 0.6) is 0 Å². The molecule has 2 heterocycles. The van der Waals surface area contributed by atoms with Crippen LogP contribution in [0.4, 0.5) is 0 Å². The first-order chi connectivity index (χ1) is 11.4. The van der Waals surface area contributed by atoms with Crippen molar-refractivity contribution in [3.05, 3.63) is 35.4 Å². The molecule has 2 aliphatic rings. The number of aryl methyl sites for hydroxylation is 1. The Morgan fingerprint density at radius 1 is 1.04 bits per heavy atom. The van der Waals surface area contributed by atoms with Crippen molar-refractivity contribution in [1.82, 2.24) is 0 Å². The first-order valence-electron chi connectivity index (χ1n) is 9.75. The third-order valence-corrected chi connectivity index (χ3v) is 6.27. The molecule has 0 bridgehead atoms.